The fourth-order valence-electron chi connectivity index (χ4n) is 5.61. The Morgan fingerprint density at radius 1 is 1.02 bits per heavy atom. The zero-order valence-corrected chi connectivity index (χ0v) is 26.5. The lowest BCUT2D eigenvalue weighted by Gasteiger charge is -2.27. The Labute approximate surface area is 267 Å². The van der Waals surface area contributed by atoms with E-state index in [1.54, 1.807) is 13.2 Å². The smallest absolute Gasteiger partial charge is 0.255 e. The zero-order chi connectivity index (χ0) is 33.3. The molecule has 4 rings (SSSR count). The summed E-state index contributed by atoms with van der Waals surface area (Å²) >= 11 is 0. The second-order valence-corrected chi connectivity index (χ2v) is 13.0. The lowest BCUT2D eigenvalue weighted by molar-refractivity contribution is -0.123. The van der Waals surface area contributed by atoms with E-state index in [0.29, 0.717) is 24.2 Å². The van der Waals surface area contributed by atoms with Crippen LogP contribution in [0.3, 0.4) is 0 Å². The zero-order valence-electron chi connectivity index (χ0n) is 25.7. The molecule has 2 aromatic carbocycles. The number of rotatable bonds is 6. The molecule has 5 N–H and O–H groups in total. The Bertz CT molecular complexity index is 1570. The molecular formula is C31H40FN5O8S. The topological polar surface area (TPSA) is 186 Å². The van der Waals surface area contributed by atoms with E-state index < -0.39 is 39.6 Å². The molecule has 4 amide bonds. The van der Waals surface area contributed by atoms with Gasteiger partial charge in [-0.05, 0) is 80.0 Å². The predicted octanol–water partition coefficient (Wildman–Crippen LogP) is 1.17. The molecule has 0 bridgehead atoms. The Morgan fingerprint density at radius 3 is 2.52 bits per heavy atom. The Balaban J connectivity index is 1.61. The van der Waals surface area contributed by atoms with Crippen LogP contribution in [0.5, 0.6) is 11.5 Å². The van der Waals surface area contributed by atoms with Crippen LogP contribution in [-0.4, -0.2) is 82.3 Å². The molecule has 2 aromatic rings. The van der Waals surface area contributed by atoms with Gasteiger partial charge in [-0.1, -0.05) is 0 Å². The van der Waals surface area contributed by atoms with Crippen LogP contribution in [0.1, 0.15) is 60.0 Å². The molecular weight excluding hydrogens is 621 g/mol. The molecule has 15 heteroatoms. The molecule has 0 aromatic heterocycles. The maximum absolute atomic E-state index is 14.1. The number of carbonyl (C=O) groups is 4. The van der Waals surface area contributed by atoms with Crippen molar-refractivity contribution in [3.05, 3.63) is 52.8 Å². The number of halogens is 1. The molecule has 1 heterocycles. The number of benzene rings is 2. The van der Waals surface area contributed by atoms with Crippen molar-refractivity contribution in [3.63, 3.8) is 0 Å². The first-order valence-corrected chi connectivity index (χ1v) is 16.7. The first-order valence-electron chi connectivity index (χ1n) is 15.3. The van der Waals surface area contributed by atoms with Crippen LogP contribution in [0.25, 0.3) is 0 Å². The second-order valence-electron chi connectivity index (χ2n) is 11.1. The van der Waals surface area contributed by atoms with Crippen LogP contribution >= 0.6 is 0 Å². The van der Waals surface area contributed by atoms with Gasteiger partial charge in [0.25, 0.3) is 5.91 Å². The summed E-state index contributed by atoms with van der Waals surface area (Å²) in [5.74, 6) is -2.60. The van der Waals surface area contributed by atoms with E-state index in [0.717, 1.165) is 30.5 Å². The number of fused-ring (bicyclic) bond motifs is 2. The minimum atomic E-state index is -4.07. The van der Waals surface area contributed by atoms with Crippen LogP contribution in [0.2, 0.25) is 0 Å². The molecule has 46 heavy (non-hydrogen) atoms. The quantitative estimate of drug-likeness (QED) is 0.355. The highest BCUT2D eigenvalue weighted by molar-refractivity contribution is 7.89. The predicted molar refractivity (Wildman–Crippen MR) is 165 cm³/mol. The van der Waals surface area contributed by atoms with E-state index in [9.17, 15) is 32.0 Å². The van der Waals surface area contributed by atoms with Crippen LogP contribution in [-0.2, 0) is 37.2 Å². The van der Waals surface area contributed by atoms with Gasteiger partial charge < -0.3 is 31.2 Å². The Hall–Kier alpha value is -4.24. The number of methoxy groups -OCH3 is 1. The third-order valence-electron chi connectivity index (χ3n) is 7.93. The fourth-order valence-corrected chi connectivity index (χ4v) is 7.36. The summed E-state index contributed by atoms with van der Waals surface area (Å²) in [6.45, 7) is -0.244. The highest BCUT2D eigenvalue weighted by atomic mass is 32.2. The van der Waals surface area contributed by atoms with Gasteiger partial charge in [0.15, 0.2) is 0 Å². The second kappa shape index (κ2) is 15.9. The molecule has 0 saturated carbocycles. The average Bonchev–Trinajstić information content (AvgIpc) is 3.03. The normalized spacial score (nSPS) is 19.2. The highest BCUT2D eigenvalue weighted by Crippen LogP contribution is 2.35. The molecule has 13 nitrogen and oxygen atoms in total. The number of hydrogen-bond acceptors (Lipinski definition) is 8. The average molecular weight is 662 g/mol. The molecule has 0 fully saturated rings. The summed E-state index contributed by atoms with van der Waals surface area (Å²) in [5.41, 5.74) is 6.67. The van der Waals surface area contributed by atoms with E-state index in [4.69, 9.17) is 15.2 Å². The summed E-state index contributed by atoms with van der Waals surface area (Å²) in [5, 5.41) is 7.85. The van der Waals surface area contributed by atoms with Gasteiger partial charge in [0.1, 0.15) is 30.0 Å². The third kappa shape index (κ3) is 8.72. The molecule has 1 aliphatic heterocycles. The number of hydrogen-bond donors (Lipinski definition) is 4. The van der Waals surface area contributed by atoms with Gasteiger partial charge in [-0.3, -0.25) is 19.2 Å². The fraction of sp³-hybridized carbons (Fsp3) is 0.484. The number of nitrogens with zero attached hydrogens (tertiary/aromatic N) is 1. The maximum Gasteiger partial charge on any atom is 0.255 e. The van der Waals surface area contributed by atoms with Gasteiger partial charge in [-0.2, -0.15) is 4.31 Å². The summed E-state index contributed by atoms with van der Waals surface area (Å²) < 4.78 is 54.6. The molecule has 0 spiro atoms. The van der Waals surface area contributed by atoms with Crippen molar-refractivity contribution in [3.8, 4) is 11.5 Å². The van der Waals surface area contributed by atoms with E-state index in [-0.39, 0.29) is 80.6 Å². The van der Waals surface area contributed by atoms with E-state index in [1.165, 1.54) is 16.4 Å². The highest BCUT2D eigenvalue weighted by Gasteiger charge is 2.31. The lowest BCUT2D eigenvalue weighted by atomic mass is 9.91. The van der Waals surface area contributed by atoms with Gasteiger partial charge >= 0.3 is 0 Å². The van der Waals surface area contributed by atoms with Crippen molar-refractivity contribution >= 4 is 33.7 Å². The number of amides is 4. The van der Waals surface area contributed by atoms with Crippen molar-refractivity contribution in [2.45, 2.75) is 62.3 Å². The van der Waals surface area contributed by atoms with Gasteiger partial charge in [0.2, 0.25) is 27.7 Å². The first kappa shape index (κ1) is 34.6. The lowest BCUT2D eigenvalue weighted by Crippen LogP contribution is -2.49. The van der Waals surface area contributed by atoms with Gasteiger partial charge in [0, 0.05) is 32.5 Å². The number of carbonyl (C=O) groups excluding carboxylic acids is 4. The number of sulfonamides is 1. The molecule has 0 saturated heterocycles. The minimum Gasteiger partial charge on any atom is -0.496 e. The SMILES string of the molecule is COc1ccc(S(=O)(=O)N2CCCC(=O)NCCOc3ccc(F)cc3C(=O)N[C@@H](CCC(N)=O)C(=O)NCC2)c2c1CCCC2. The largest absolute Gasteiger partial charge is 0.496 e. The maximum atomic E-state index is 14.1. The first-order chi connectivity index (χ1) is 22.0. The molecule has 250 valence electrons. The number of primary amides is 1. The van der Waals surface area contributed by atoms with Gasteiger partial charge in [0.05, 0.1) is 24.1 Å². The minimum absolute atomic E-state index is 0.00368. The van der Waals surface area contributed by atoms with Crippen molar-refractivity contribution in [1.29, 1.82) is 0 Å². The van der Waals surface area contributed by atoms with Crippen molar-refractivity contribution in [2.24, 2.45) is 5.73 Å². The monoisotopic (exact) mass is 661 g/mol. The standard InChI is InChI=1S/C31H40FN5O8S/c1-44-25-11-12-27(22-6-3-2-5-21(22)25)46(42,43)37-16-4-7-29(39)34-15-18-45-26-10-8-20(32)19-23(26)30(40)36-24(9-13-28(33)38)31(41)35-14-17-37/h8,10-12,19,24H,2-7,9,13-18H2,1H3,(H2,33,38)(H,34,39)(H,35,41)(H,36,40)/t24-/m0/s1. The van der Waals surface area contributed by atoms with Gasteiger partial charge in [-0.15, -0.1) is 0 Å². The molecule has 0 unspecified atom stereocenters. The van der Waals surface area contributed by atoms with Crippen LogP contribution in [0.15, 0.2) is 35.2 Å². The van der Waals surface area contributed by atoms with E-state index in [2.05, 4.69) is 16.0 Å². The summed E-state index contributed by atoms with van der Waals surface area (Å²) in [6, 6.07) is 5.25. The van der Waals surface area contributed by atoms with Crippen LogP contribution < -0.4 is 31.2 Å². The van der Waals surface area contributed by atoms with Crippen LogP contribution in [0, 0.1) is 5.82 Å². The van der Waals surface area contributed by atoms with Crippen LogP contribution in [0.4, 0.5) is 4.39 Å². The summed E-state index contributed by atoms with van der Waals surface area (Å²) in [7, 11) is -2.52. The number of nitrogens with one attached hydrogen (secondary N) is 3. The van der Waals surface area contributed by atoms with E-state index in [1.807, 2.05) is 0 Å². The Morgan fingerprint density at radius 2 is 1.78 bits per heavy atom. The van der Waals surface area contributed by atoms with E-state index >= 15 is 0 Å². The van der Waals surface area contributed by atoms with Crippen molar-refractivity contribution < 1.29 is 41.5 Å². The summed E-state index contributed by atoms with van der Waals surface area (Å²) in [4.78, 5) is 50.7. The molecule has 0 radical (unpaired) electrons. The Kier molecular flexibility index (Phi) is 11.9. The van der Waals surface area contributed by atoms with Crippen molar-refractivity contribution in [1.82, 2.24) is 20.3 Å². The third-order valence-corrected chi connectivity index (χ3v) is 9.91. The molecule has 2 aliphatic rings. The summed E-state index contributed by atoms with van der Waals surface area (Å²) in [6.07, 6.45) is 2.87. The molecule has 1 atom stereocenters. The van der Waals surface area contributed by atoms with Gasteiger partial charge in [-0.25, -0.2) is 12.8 Å². The number of nitrogens with two attached hydrogens (primary N) is 1. The molecule has 1 aliphatic carbocycles. The number of ether oxygens (including phenoxy) is 2. The van der Waals surface area contributed by atoms with Crippen molar-refractivity contribution in [2.75, 3.05) is 39.9 Å².